The summed E-state index contributed by atoms with van der Waals surface area (Å²) in [5.74, 6) is 2.53. The number of hydrogen-bond donors (Lipinski definition) is 0. The first-order chi connectivity index (χ1) is 11.9. The third-order valence-electron chi connectivity index (χ3n) is 4.72. The van der Waals surface area contributed by atoms with Crippen LogP contribution < -0.4 is 0 Å². The molecule has 2 aliphatic heterocycles. The lowest BCUT2D eigenvalue weighted by atomic mass is 10.2. The van der Waals surface area contributed by atoms with E-state index in [4.69, 9.17) is 0 Å². The van der Waals surface area contributed by atoms with Crippen LogP contribution in [0.3, 0.4) is 0 Å². The molecule has 2 aromatic rings. The summed E-state index contributed by atoms with van der Waals surface area (Å²) in [6.45, 7) is 4.77. The molecule has 2 aromatic carbocycles. The minimum absolute atomic E-state index is 0.794. The summed E-state index contributed by atoms with van der Waals surface area (Å²) < 4.78 is 0. The predicted octanol–water partition coefficient (Wildman–Crippen LogP) is 4.14. The van der Waals surface area contributed by atoms with E-state index in [1.807, 2.05) is 0 Å². The summed E-state index contributed by atoms with van der Waals surface area (Å²) in [6, 6.07) is 23.2. The highest BCUT2D eigenvalue weighted by molar-refractivity contribution is 8.76. The Hall–Kier alpha value is -0.940. The van der Waals surface area contributed by atoms with Gasteiger partial charge in [0.15, 0.2) is 0 Å². The second kappa shape index (κ2) is 7.96. The molecule has 4 heteroatoms. The summed E-state index contributed by atoms with van der Waals surface area (Å²) in [7, 11) is 4.13. The smallest absolute Gasteiger partial charge is 0.0326 e. The molecule has 2 nitrogen and oxygen atoms in total. The quantitative estimate of drug-likeness (QED) is 0.378. The zero-order valence-electron chi connectivity index (χ0n) is 13.9. The summed E-state index contributed by atoms with van der Waals surface area (Å²) in [5.41, 5.74) is 2.87. The highest BCUT2D eigenvalue weighted by Gasteiger charge is 2.35. The second-order valence-corrected chi connectivity index (χ2v) is 9.26. The molecule has 0 bridgehead atoms. The molecule has 0 radical (unpaired) electrons. The van der Waals surface area contributed by atoms with Crippen molar-refractivity contribution in [1.82, 2.24) is 9.80 Å². The Bertz CT molecular complexity index is 577. The molecule has 2 heterocycles. The highest BCUT2D eigenvalue weighted by atomic mass is 33.1. The molecule has 0 amide bonds. The van der Waals surface area contributed by atoms with Crippen LogP contribution in [0.1, 0.15) is 11.1 Å². The fraction of sp³-hybridized carbons (Fsp3) is 0.400. The van der Waals surface area contributed by atoms with E-state index in [0.29, 0.717) is 0 Å². The Kier molecular flexibility index (Phi) is 5.48. The molecule has 126 valence electrons. The number of rotatable bonds is 9. The van der Waals surface area contributed by atoms with Gasteiger partial charge in [-0.3, -0.25) is 9.80 Å². The molecule has 0 spiro atoms. The molecule has 2 fully saturated rings. The maximum absolute atomic E-state index is 2.57. The molecular formula is C20H24N2S2. The normalized spacial score (nSPS) is 27.8. The van der Waals surface area contributed by atoms with E-state index in [-0.39, 0.29) is 0 Å². The lowest BCUT2D eigenvalue weighted by Gasteiger charge is -2.05. The zero-order valence-corrected chi connectivity index (χ0v) is 15.5. The fourth-order valence-electron chi connectivity index (χ4n) is 3.04. The van der Waals surface area contributed by atoms with Gasteiger partial charge in [-0.2, -0.15) is 0 Å². The Morgan fingerprint density at radius 2 is 1.08 bits per heavy atom. The molecule has 2 saturated heterocycles. The van der Waals surface area contributed by atoms with Crippen LogP contribution in [0.2, 0.25) is 0 Å². The maximum atomic E-state index is 2.57. The third kappa shape index (κ3) is 4.79. The van der Waals surface area contributed by atoms with Gasteiger partial charge in [0.05, 0.1) is 0 Å². The Morgan fingerprint density at radius 1 is 0.667 bits per heavy atom. The molecule has 4 atom stereocenters. The number of benzene rings is 2. The minimum atomic E-state index is 0.794. The van der Waals surface area contributed by atoms with Crippen molar-refractivity contribution in [1.29, 1.82) is 0 Å². The monoisotopic (exact) mass is 356 g/mol. The van der Waals surface area contributed by atoms with Crippen LogP contribution >= 0.6 is 21.6 Å². The average Bonchev–Trinajstić information content (AvgIpc) is 3.52. The van der Waals surface area contributed by atoms with Gasteiger partial charge in [0, 0.05) is 49.8 Å². The first-order valence-corrected chi connectivity index (χ1v) is 11.2. The van der Waals surface area contributed by atoms with E-state index in [1.165, 1.54) is 35.7 Å². The van der Waals surface area contributed by atoms with Gasteiger partial charge >= 0.3 is 0 Å². The lowest BCUT2D eigenvalue weighted by molar-refractivity contribution is 0.517. The lowest BCUT2D eigenvalue weighted by Crippen LogP contribution is -2.05. The molecule has 0 aliphatic carbocycles. The summed E-state index contributed by atoms with van der Waals surface area (Å²) >= 11 is 0. The van der Waals surface area contributed by atoms with Crippen molar-refractivity contribution in [3.05, 3.63) is 71.8 Å². The van der Waals surface area contributed by atoms with Crippen molar-refractivity contribution < 1.29 is 0 Å². The highest BCUT2D eigenvalue weighted by Crippen LogP contribution is 2.34. The second-order valence-electron chi connectivity index (χ2n) is 6.71. The van der Waals surface area contributed by atoms with Gasteiger partial charge in [-0.1, -0.05) is 82.3 Å². The number of nitrogens with zero attached hydrogens (tertiary/aromatic N) is 2. The average molecular weight is 357 g/mol. The predicted molar refractivity (Wildman–Crippen MR) is 106 cm³/mol. The topological polar surface area (TPSA) is 6.02 Å². The first kappa shape index (κ1) is 16.5. The van der Waals surface area contributed by atoms with E-state index < -0.39 is 0 Å². The Balaban J connectivity index is 1.07. The van der Waals surface area contributed by atoms with E-state index in [9.17, 15) is 0 Å². The third-order valence-corrected chi connectivity index (χ3v) is 7.24. The van der Waals surface area contributed by atoms with Crippen LogP contribution in [0.5, 0.6) is 0 Å². The van der Waals surface area contributed by atoms with Crippen molar-refractivity contribution in [2.24, 2.45) is 0 Å². The van der Waals surface area contributed by atoms with Crippen LogP contribution in [-0.4, -0.2) is 46.5 Å². The van der Waals surface area contributed by atoms with Crippen molar-refractivity contribution in [2.45, 2.75) is 25.2 Å². The van der Waals surface area contributed by atoms with Crippen LogP contribution in [0.25, 0.3) is 0 Å². The van der Waals surface area contributed by atoms with Crippen LogP contribution in [-0.2, 0) is 13.1 Å². The van der Waals surface area contributed by atoms with Gasteiger partial charge in [-0.15, -0.1) is 0 Å². The van der Waals surface area contributed by atoms with Crippen molar-refractivity contribution in [2.75, 3.05) is 24.6 Å². The van der Waals surface area contributed by atoms with Gasteiger partial charge in [0.1, 0.15) is 0 Å². The molecule has 2 aliphatic rings. The summed E-state index contributed by atoms with van der Waals surface area (Å²) in [4.78, 5) is 5.14. The van der Waals surface area contributed by atoms with Gasteiger partial charge in [0.2, 0.25) is 0 Å². The maximum Gasteiger partial charge on any atom is 0.0326 e. The SMILES string of the molecule is c1ccc(CN2C[C@@H]2CSSC[C@H]2CN2Cc2ccccc2)cc1. The van der Waals surface area contributed by atoms with Crippen LogP contribution in [0, 0.1) is 0 Å². The minimum Gasteiger partial charge on any atom is -0.292 e. The van der Waals surface area contributed by atoms with Crippen molar-refractivity contribution >= 4 is 21.6 Å². The molecule has 0 N–H and O–H groups in total. The molecule has 24 heavy (non-hydrogen) atoms. The number of hydrogen-bond acceptors (Lipinski definition) is 4. The fourth-order valence-corrected chi connectivity index (χ4v) is 5.70. The van der Waals surface area contributed by atoms with Crippen molar-refractivity contribution in [3.63, 3.8) is 0 Å². The van der Waals surface area contributed by atoms with E-state index in [2.05, 4.69) is 92.1 Å². The van der Waals surface area contributed by atoms with Gasteiger partial charge in [-0.25, -0.2) is 0 Å². The van der Waals surface area contributed by atoms with Gasteiger partial charge in [0.25, 0.3) is 0 Å². The van der Waals surface area contributed by atoms with Crippen molar-refractivity contribution in [3.8, 4) is 0 Å². The standard InChI is InChI=1S/C20H24N2S2/c1-3-7-17(8-4-1)11-21-13-19(21)15-23-24-16-20-14-22(20)12-18-9-5-2-6-10-18/h1-10,19-20H,11-16H2/t19-,20-,21?,22?/m1/s1. The molecule has 2 unspecified atom stereocenters. The summed E-state index contributed by atoms with van der Waals surface area (Å²) in [6.07, 6.45) is 0. The van der Waals surface area contributed by atoms with Gasteiger partial charge in [-0.05, 0) is 11.1 Å². The van der Waals surface area contributed by atoms with Gasteiger partial charge < -0.3 is 0 Å². The largest absolute Gasteiger partial charge is 0.292 e. The van der Waals surface area contributed by atoms with Crippen LogP contribution in [0.4, 0.5) is 0 Å². The van der Waals surface area contributed by atoms with E-state index in [1.54, 1.807) is 0 Å². The Labute approximate surface area is 153 Å². The zero-order chi connectivity index (χ0) is 16.2. The van der Waals surface area contributed by atoms with Crippen LogP contribution in [0.15, 0.2) is 60.7 Å². The van der Waals surface area contributed by atoms with E-state index in [0.717, 1.165) is 25.2 Å². The Morgan fingerprint density at radius 3 is 1.50 bits per heavy atom. The first-order valence-electron chi connectivity index (χ1n) is 8.69. The molecule has 0 saturated carbocycles. The molecular weight excluding hydrogens is 332 g/mol. The molecule has 0 aromatic heterocycles. The molecule has 4 rings (SSSR count). The summed E-state index contributed by atoms with van der Waals surface area (Å²) in [5, 5.41) is 0. The van der Waals surface area contributed by atoms with E-state index >= 15 is 0 Å².